The Balaban J connectivity index is 1.95. The van der Waals surface area contributed by atoms with Gasteiger partial charge in [0.25, 0.3) is 0 Å². The van der Waals surface area contributed by atoms with Crippen molar-refractivity contribution in [3.63, 3.8) is 0 Å². The van der Waals surface area contributed by atoms with E-state index in [1.165, 1.54) is 11.3 Å². The van der Waals surface area contributed by atoms with Crippen molar-refractivity contribution in [2.45, 2.75) is 38.1 Å². The molecule has 0 unspecified atom stereocenters. The Morgan fingerprint density at radius 1 is 1.19 bits per heavy atom. The highest BCUT2D eigenvalue weighted by atomic mass is 16.4. The maximum Gasteiger partial charge on any atom is 0.323 e. The van der Waals surface area contributed by atoms with Crippen molar-refractivity contribution >= 4 is 12.0 Å². The van der Waals surface area contributed by atoms with Crippen LogP contribution in [0.1, 0.15) is 32.1 Å². The lowest BCUT2D eigenvalue weighted by Gasteiger charge is -2.32. The van der Waals surface area contributed by atoms with Crippen LogP contribution in [0.15, 0.2) is 0 Å². The van der Waals surface area contributed by atoms with Gasteiger partial charge in [-0.3, -0.25) is 4.79 Å². The van der Waals surface area contributed by atoms with Gasteiger partial charge in [0.1, 0.15) is 6.54 Å². The minimum atomic E-state index is -0.919. The van der Waals surface area contributed by atoms with Crippen molar-refractivity contribution in [2.75, 3.05) is 19.6 Å². The second-order valence-corrected chi connectivity index (χ2v) is 4.58. The number of hydrogen-bond donors (Lipinski definition) is 1. The number of amides is 2. The molecule has 0 aromatic carbocycles. The molecule has 1 aliphatic heterocycles. The summed E-state index contributed by atoms with van der Waals surface area (Å²) in [5, 5.41) is 8.80. The van der Waals surface area contributed by atoms with Crippen molar-refractivity contribution in [2.24, 2.45) is 0 Å². The predicted octanol–water partition coefficient (Wildman–Crippen LogP) is 1.14. The summed E-state index contributed by atoms with van der Waals surface area (Å²) in [6.45, 7) is 1.41. The first-order valence-corrected chi connectivity index (χ1v) is 5.96. The van der Waals surface area contributed by atoms with Crippen LogP contribution in [-0.2, 0) is 4.79 Å². The molecule has 2 amide bonds. The molecule has 0 aromatic heterocycles. The van der Waals surface area contributed by atoms with E-state index in [9.17, 15) is 9.59 Å². The summed E-state index contributed by atoms with van der Waals surface area (Å²) in [7, 11) is 0. The molecule has 2 rings (SSSR count). The Hall–Kier alpha value is -1.26. The summed E-state index contributed by atoms with van der Waals surface area (Å²) in [4.78, 5) is 26.1. The Morgan fingerprint density at radius 3 is 2.31 bits per heavy atom. The molecule has 1 N–H and O–H groups in total. The second-order valence-electron chi connectivity index (χ2n) is 4.58. The first-order valence-electron chi connectivity index (χ1n) is 5.96. The minimum absolute atomic E-state index is 0.0791. The molecule has 5 nitrogen and oxygen atoms in total. The Labute approximate surface area is 95.0 Å². The number of rotatable bonds is 3. The lowest BCUT2D eigenvalue weighted by molar-refractivity contribution is -0.137. The van der Waals surface area contributed by atoms with Crippen LogP contribution in [0.3, 0.4) is 0 Å². The number of piperidine rings is 1. The van der Waals surface area contributed by atoms with Gasteiger partial charge in [0.15, 0.2) is 0 Å². The van der Waals surface area contributed by atoms with Crippen LogP contribution < -0.4 is 0 Å². The zero-order valence-corrected chi connectivity index (χ0v) is 9.39. The summed E-state index contributed by atoms with van der Waals surface area (Å²) in [5.41, 5.74) is 0. The molecule has 1 aliphatic carbocycles. The van der Waals surface area contributed by atoms with E-state index in [2.05, 4.69) is 0 Å². The lowest BCUT2D eigenvalue weighted by atomic mass is 10.1. The number of carboxylic acid groups (broad SMARTS) is 1. The van der Waals surface area contributed by atoms with Crippen molar-refractivity contribution in [1.29, 1.82) is 0 Å². The highest BCUT2D eigenvalue weighted by Crippen LogP contribution is 2.28. The molecule has 1 saturated heterocycles. The monoisotopic (exact) mass is 226 g/mol. The van der Waals surface area contributed by atoms with E-state index in [1.54, 1.807) is 4.90 Å². The molecule has 0 aromatic rings. The smallest absolute Gasteiger partial charge is 0.323 e. The van der Waals surface area contributed by atoms with E-state index in [4.69, 9.17) is 5.11 Å². The van der Waals surface area contributed by atoms with Crippen LogP contribution >= 0.6 is 0 Å². The van der Waals surface area contributed by atoms with E-state index in [0.29, 0.717) is 0 Å². The van der Waals surface area contributed by atoms with Gasteiger partial charge in [-0.25, -0.2) is 4.79 Å². The average Bonchev–Trinajstić information content (AvgIpc) is 3.10. The Kier molecular flexibility index (Phi) is 3.31. The molecule has 5 heteroatoms. The number of hydrogen-bond acceptors (Lipinski definition) is 2. The molecule has 16 heavy (non-hydrogen) atoms. The standard InChI is InChI=1S/C11H18N2O3/c14-10(15)8-13(9-4-5-9)11(16)12-6-2-1-3-7-12/h9H,1-8H2,(H,14,15). The largest absolute Gasteiger partial charge is 0.480 e. The number of carboxylic acids is 1. The van der Waals surface area contributed by atoms with Crippen molar-refractivity contribution in [3.05, 3.63) is 0 Å². The maximum atomic E-state index is 12.1. The number of nitrogens with zero attached hydrogens (tertiary/aromatic N) is 2. The third-order valence-corrected chi connectivity index (χ3v) is 3.17. The third kappa shape index (κ3) is 2.65. The highest BCUT2D eigenvalue weighted by molar-refractivity contribution is 5.80. The van der Waals surface area contributed by atoms with Crippen molar-refractivity contribution in [3.8, 4) is 0 Å². The SMILES string of the molecule is O=C(O)CN(C(=O)N1CCCCC1)C1CC1. The zero-order chi connectivity index (χ0) is 11.5. The van der Waals surface area contributed by atoms with Gasteiger partial charge in [-0.15, -0.1) is 0 Å². The van der Waals surface area contributed by atoms with Crippen LogP contribution in [0.5, 0.6) is 0 Å². The number of likely N-dealkylation sites (tertiary alicyclic amines) is 1. The van der Waals surface area contributed by atoms with Gasteiger partial charge in [-0.2, -0.15) is 0 Å². The van der Waals surface area contributed by atoms with Gasteiger partial charge in [-0.05, 0) is 32.1 Å². The van der Waals surface area contributed by atoms with Gasteiger partial charge in [0.05, 0.1) is 0 Å². The molecule has 1 heterocycles. The number of carbonyl (C=O) groups is 2. The van der Waals surface area contributed by atoms with Gasteiger partial charge in [0.2, 0.25) is 0 Å². The van der Waals surface area contributed by atoms with Crippen LogP contribution in [0.4, 0.5) is 4.79 Å². The van der Waals surface area contributed by atoms with E-state index in [-0.39, 0.29) is 18.6 Å². The molecule has 2 fully saturated rings. The molecule has 0 radical (unpaired) electrons. The Morgan fingerprint density at radius 2 is 1.81 bits per heavy atom. The zero-order valence-electron chi connectivity index (χ0n) is 9.39. The molecule has 0 spiro atoms. The van der Waals surface area contributed by atoms with Crippen molar-refractivity contribution < 1.29 is 14.7 Å². The lowest BCUT2D eigenvalue weighted by Crippen LogP contribution is -2.48. The fourth-order valence-corrected chi connectivity index (χ4v) is 2.15. The van der Waals surface area contributed by atoms with Crippen LogP contribution in [0.25, 0.3) is 0 Å². The van der Waals surface area contributed by atoms with E-state index < -0.39 is 5.97 Å². The molecule has 1 saturated carbocycles. The summed E-state index contributed by atoms with van der Waals surface area (Å²) in [6.07, 6.45) is 5.15. The van der Waals surface area contributed by atoms with Crippen LogP contribution in [0, 0.1) is 0 Å². The first kappa shape index (κ1) is 11.2. The number of aliphatic carboxylic acids is 1. The van der Waals surface area contributed by atoms with Gasteiger partial charge in [-0.1, -0.05) is 0 Å². The van der Waals surface area contributed by atoms with Crippen LogP contribution in [0.2, 0.25) is 0 Å². The average molecular weight is 226 g/mol. The van der Waals surface area contributed by atoms with E-state index >= 15 is 0 Å². The van der Waals surface area contributed by atoms with Gasteiger partial charge < -0.3 is 14.9 Å². The summed E-state index contributed by atoms with van der Waals surface area (Å²) in [6, 6.07) is 0.0927. The normalized spacial score (nSPS) is 20.6. The first-order chi connectivity index (χ1) is 7.68. The van der Waals surface area contributed by atoms with Gasteiger partial charge in [0, 0.05) is 19.1 Å². The predicted molar refractivity (Wildman–Crippen MR) is 58.2 cm³/mol. The summed E-state index contributed by atoms with van der Waals surface area (Å²) in [5.74, 6) is -0.919. The highest BCUT2D eigenvalue weighted by Gasteiger charge is 2.36. The second kappa shape index (κ2) is 4.72. The molecule has 0 atom stereocenters. The third-order valence-electron chi connectivity index (χ3n) is 3.17. The fourth-order valence-electron chi connectivity index (χ4n) is 2.15. The molecular formula is C11H18N2O3. The fraction of sp³-hybridized carbons (Fsp3) is 0.818. The molecular weight excluding hydrogens is 208 g/mol. The quantitative estimate of drug-likeness (QED) is 0.785. The minimum Gasteiger partial charge on any atom is -0.480 e. The molecule has 0 bridgehead atoms. The van der Waals surface area contributed by atoms with Crippen molar-refractivity contribution in [1.82, 2.24) is 9.80 Å². The summed E-state index contributed by atoms with van der Waals surface area (Å²) < 4.78 is 0. The van der Waals surface area contributed by atoms with E-state index in [0.717, 1.165) is 38.8 Å². The maximum absolute atomic E-state index is 12.1. The number of urea groups is 1. The van der Waals surface area contributed by atoms with Gasteiger partial charge >= 0.3 is 12.0 Å². The van der Waals surface area contributed by atoms with Crippen LogP contribution in [-0.4, -0.2) is 52.6 Å². The number of carbonyl (C=O) groups excluding carboxylic acids is 1. The summed E-state index contributed by atoms with van der Waals surface area (Å²) >= 11 is 0. The Bertz CT molecular complexity index is 283. The van der Waals surface area contributed by atoms with E-state index in [1.807, 2.05) is 0 Å². The topological polar surface area (TPSA) is 60.9 Å². The molecule has 2 aliphatic rings. The molecule has 90 valence electrons.